The highest BCUT2D eigenvalue weighted by Gasteiger charge is 2.63. The molecule has 2 aromatic carbocycles. The summed E-state index contributed by atoms with van der Waals surface area (Å²) < 4.78 is 29.7. The van der Waals surface area contributed by atoms with Crippen LogP contribution in [0.15, 0.2) is 60.7 Å². The molecule has 8 heteroatoms. The summed E-state index contributed by atoms with van der Waals surface area (Å²) in [5, 5.41) is 9.75. The fourth-order valence-corrected chi connectivity index (χ4v) is 5.55. The van der Waals surface area contributed by atoms with Crippen molar-refractivity contribution in [1.82, 2.24) is 13.9 Å². The summed E-state index contributed by atoms with van der Waals surface area (Å²) in [6.07, 6.45) is 0.263. The molecule has 2 fully saturated rings. The van der Waals surface area contributed by atoms with E-state index in [4.69, 9.17) is 0 Å². The first-order chi connectivity index (χ1) is 13.9. The van der Waals surface area contributed by atoms with Gasteiger partial charge in [-0.1, -0.05) is 60.7 Å². The predicted molar refractivity (Wildman–Crippen MR) is 110 cm³/mol. The number of nitrogens with zero attached hydrogens (tertiary/aromatic N) is 2. The van der Waals surface area contributed by atoms with Crippen LogP contribution in [0.1, 0.15) is 23.5 Å². The van der Waals surface area contributed by atoms with E-state index in [1.165, 1.54) is 9.87 Å². The third-order valence-corrected chi connectivity index (χ3v) is 7.44. The Balaban J connectivity index is 1.39. The molecule has 2 atom stereocenters. The molecular formula is C21H25N3O4S. The quantitative estimate of drug-likeness (QED) is 0.718. The molecule has 1 heterocycles. The molecule has 154 valence electrons. The van der Waals surface area contributed by atoms with E-state index in [9.17, 15) is 18.3 Å². The van der Waals surface area contributed by atoms with E-state index in [1.54, 1.807) is 0 Å². The number of nitrogens with one attached hydrogen (secondary N) is 1. The van der Waals surface area contributed by atoms with Crippen LogP contribution in [-0.4, -0.2) is 60.4 Å². The van der Waals surface area contributed by atoms with Crippen LogP contribution >= 0.6 is 0 Å². The van der Waals surface area contributed by atoms with Gasteiger partial charge in [-0.25, -0.2) is 0 Å². The fraction of sp³-hybridized carbons (Fsp3) is 0.381. The Morgan fingerprint density at radius 3 is 2.17 bits per heavy atom. The van der Waals surface area contributed by atoms with Crippen LogP contribution in [-0.2, 0) is 21.5 Å². The Kier molecular flexibility index (Phi) is 5.44. The van der Waals surface area contributed by atoms with Crippen LogP contribution in [0.2, 0.25) is 0 Å². The van der Waals surface area contributed by atoms with Gasteiger partial charge in [0.15, 0.2) is 0 Å². The molecule has 7 nitrogen and oxygen atoms in total. The lowest BCUT2D eigenvalue weighted by molar-refractivity contribution is -0.140. The molecule has 0 amide bonds. The normalized spacial score (nSPS) is 25.6. The van der Waals surface area contributed by atoms with Crippen molar-refractivity contribution in [3.05, 3.63) is 71.8 Å². The first-order valence-electron chi connectivity index (χ1n) is 9.74. The zero-order chi connectivity index (χ0) is 20.5. The molecule has 4 rings (SSSR count). The number of rotatable bonds is 7. The van der Waals surface area contributed by atoms with Crippen LogP contribution < -0.4 is 4.72 Å². The number of carboxylic acids is 1. The number of carboxylic acid groups (broad SMARTS) is 1. The maximum absolute atomic E-state index is 12.9. The van der Waals surface area contributed by atoms with Gasteiger partial charge in [0.25, 0.3) is 10.2 Å². The lowest BCUT2D eigenvalue weighted by atomic mass is 10.1. The van der Waals surface area contributed by atoms with Crippen molar-refractivity contribution < 1.29 is 18.3 Å². The molecule has 1 aliphatic heterocycles. The lowest BCUT2D eigenvalue weighted by Gasteiger charge is -2.34. The number of carbonyl (C=O) groups is 1. The van der Waals surface area contributed by atoms with Crippen molar-refractivity contribution >= 4 is 16.2 Å². The van der Waals surface area contributed by atoms with Gasteiger partial charge in [0.05, 0.1) is 0 Å². The topological polar surface area (TPSA) is 89.9 Å². The van der Waals surface area contributed by atoms with Crippen LogP contribution in [0.5, 0.6) is 0 Å². The first-order valence-corrected chi connectivity index (χ1v) is 11.2. The Hall–Kier alpha value is -2.26. The summed E-state index contributed by atoms with van der Waals surface area (Å²) in [5.74, 6) is -1.48. The zero-order valence-electron chi connectivity index (χ0n) is 16.1. The van der Waals surface area contributed by atoms with Gasteiger partial charge in [-0.15, -0.1) is 0 Å². The molecule has 1 saturated carbocycles. The maximum Gasteiger partial charge on any atom is 0.325 e. The summed E-state index contributed by atoms with van der Waals surface area (Å²) in [6.45, 7) is 2.68. The van der Waals surface area contributed by atoms with E-state index >= 15 is 0 Å². The Morgan fingerprint density at radius 1 is 1.00 bits per heavy atom. The van der Waals surface area contributed by atoms with Crippen LogP contribution in [0.25, 0.3) is 0 Å². The molecule has 1 aliphatic carbocycles. The lowest BCUT2D eigenvalue weighted by Crippen LogP contribution is -2.55. The second-order valence-corrected chi connectivity index (χ2v) is 9.38. The minimum Gasteiger partial charge on any atom is -0.480 e. The molecular weight excluding hydrogens is 390 g/mol. The minimum absolute atomic E-state index is 0.263. The van der Waals surface area contributed by atoms with Crippen LogP contribution in [0.4, 0.5) is 0 Å². The van der Waals surface area contributed by atoms with Gasteiger partial charge in [-0.2, -0.15) is 17.4 Å². The maximum atomic E-state index is 12.9. The molecule has 0 bridgehead atoms. The highest BCUT2D eigenvalue weighted by molar-refractivity contribution is 7.87. The van der Waals surface area contributed by atoms with Crippen molar-refractivity contribution in [1.29, 1.82) is 0 Å². The van der Waals surface area contributed by atoms with Gasteiger partial charge in [-0.05, 0) is 17.5 Å². The van der Waals surface area contributed by atoms with Crippen molar-refractivity contribution in [3.8, 4) is 0 Å². The predicted octanol–water partition coefficient (Wildman–Crippen LogP) is 1.65. The summed E-state index contributed by atoms with van der Waals surface area (Å²) in [4.78, 5) is 14.1. The van der Waals surface area contributed by atoms with Gasteiger partial charge < -0.3 is 5.11 Å². The van der Waals surface area contributed by atoms with Gasteiger partial charge in [0, 0.05) is 38.6 Å². The van der Waals surface area contributed by atoms with E-state index in [0.29, 0.717) is 26.2 Å². The molecule has 0 spiro atoms. The van der Waals surface area contributed by atoms with Crippen molar-refractivity contribution in [2.45, 2.75) is 24.4 Å². The van der Waals surface area contributed by atoms with Crippen molar-refractivity contribution in [3.63, 3.8) is 0 Å². The molecule has 0 aromatic heterocycles. The van der Waals surface area contributed by atoms with Crippen molar-refractivity contribution in [2.24, 2.45) is 0 Å². The first kappa shape index (κ1) is 20.0. The second kappa shape index (κ2) is 7.87. The Labute approximate surface area is 171 Å². The molecule has 29 heavy (non-hydrogen) atoms. The standard InChI is InChI=1S/C21H25N3O4S/c25-20(26)21(15-19(21)18-9-5-2-6-10-18)22-29(27,28)24-13-11-23(12-14-24)16-17-7-3-1-4-8-17/h1-10,19,22H,11-16H2,(H,25,26)/t19-,21?/m0/s1. The largest absolute Gasteiger partial charge is 0.480 e. The highest BCUT2D eigenvalue weighted by atomic mass is 32.2. The van der Waals surface area contributed by atoms with E-state index in [1.807, 2.05) is 48.5 Å². The summed E-state index contributed by atoms with van der Waals surface area (Å²) in [7, 11) is -3.88. The molecule has 2 N–H and O–H groups in total. The summed E-state index contributed by atoms with van der Waals surface area (Å²) in [6, 6.07) is 19.3. The Bertz CT molecular complexity index is 960. The number of hydrogen-bond acceptors (Lipinski definition) is 4. The molecule has 0 radical (unpaired) electrons. The molecule has 2 aromatic rings. The average molecular weight is 416 g/mol. The van der Waals surface area contributed by atoms with Gasteiger partial charge >= 0.3 is 5.97 Å². The third-order valence-electron chi connectivity index (χ3n) is 5.78. The van der Waals surface area contributed by atoms with E-state index < -0.39 is 21.7 Å². The monoisotopic (exact) mass is 415 g/mol. The van der Waals surface area contributed by atoms with Crippen LogP contribution in [0.3, 0.4) is 0 Å². The van der Waals surface area contributed by atoms with Crippen molar-refractivity contribution in [2.75, 3.05) is 26.2 Å². The van der Waals surface area contributed by atoms with E-state index in [0.717, 1.165) is 12.1 Å². The van der Waals surface area contributed by atoms with Gasteiger partial charge in [0.2, 0.25) is 0 Å². The highest BCUT2D eigenvalue weighted by Crippen LogP contribution is 2.52. The number of aliphatic carboxylic acids is 1. The SMILES string of the molecule is O=C(O)C1(NS(=O)(=O)N2CCN(Cc3ccccc3)CC2)C[C@H]1c1ccccc1. The Morgan fingerprint density at radius 2 is 1.59 bits per heavy atom. The minimum atomic E-state index is -3.88. The van der Waals surface area contributed by atoms with Crippen LogP contribution in [0, 0.1) is 0 Å². The zero-order valence-corrected chi connectivity index (χ0v) is 16.9. The fourth-order valence-electron chi connectivity index (χ4n) is 4.01. The summed E-state index contributed by atoms with van der Waals surface area (Å²) >= 11 is 0. The molecule has 2 aliphatic rings. The van der Waals surface area contributed by atoms with Gasteiger partial charge in [-0.3, -0.25) is 9.69 Å². The molecule has 1 unspecified atom stereocenters. The third kappa shape index (κ3) is 4.20. The van der Waals surface area contributed by atoms with E-state index in [2.05, 4.69) is 21.8 Å². The smallest absolute Gasteiger partial charge is 0.325 e. The number of benzene rings is 2. The average Bonchev–Trinajstić information content (AvgIpc) is 3.45. The second-order valence-electron chi connectivity index (χ2n) is 7.71. The number of piperazine rings is 1. The van der Waals surface area contributed by atoms with E-state index in [-0.39, 0.29) is 12.3 Å². The van der Waals surface area contributed by atoms with Gasteiger partial charge in [0.1, 0.15) is 5.54 Å². The molecule has 1 saturated heterocycles. The number of hydrogen-bond donors (Lipinski definition) is 2. The summed E-state index contributed by atoms with van der Waals surface area (Å²) in [5.41, 5.74) is 0.571.